The van der Waals surface area contributed by atoms with Crippen LogP contribution in [0.15, 0.2) is 70.8 Å². The second kappa shape index (κ2) is 10.1. The van der Waals surface area contributed by atoms with Crippen LogP contribution in [0.1, 0.15) is 61.0 Å². The topological polar surface area (TPSA) is 107 Å². The maximum Gasteiger partial charge on any atom is 0.255 e. The van der Waals surface area contributed by atoms with Crippen molar-refractivity contribution in [1.82, 2.24) is 5.32 Å². The van der Waals surface area contributed by atoms with Gasteiger partial charge in [-0.15, -0.1) is 0 Å². The maximum atomic E-state index is 13.2. The van der Waals surface area contributed by atoms with Gasteiger partial charge >= 0.3 is 0 Å². The third-order valence-corrected chi connectivity index (χ3v) is 6.10. The number of aromatic hydroxyl groups is 1. The number of carbonyl (C=O) groups excluding carboxylic acids is 3. The Kier molecular flexibility index (Phi) is 7.24. The van der Waals surface area contributed by atoms with Gasteiger partial charge in [0.25, 0.3) is 5.91 Å². The van der Waals surface area contributed by atoms with Crippen LogP contribution >= 0.6 is 0 Å². The van der Waals surface area contributed by atoms with E-state index in [1.807, 2.05) is 6.07 Å². The molecule has 0 bridgehead atoms. The fourth-order valence-corrected chi connectivity index (χ4v) is 4.11. The van der Waals surface area contributed by atoms with Gasteiger partial charge in [-0.1, -0.05) is 24.3 Å². The molecule has 2 aromatic carbocycles. The number of phenols is 1. The summed E-state index contributed by atoms with van der Waals surface area (Å²) >= 11 is 0. The lowest BCUT2D eigenvalue weighted by atomic mass is 9.75. The van der Waals surface area contributed by atoms with E-state index in [4.69, 9.17) is 0 Å². The Bertz CT molecular complexity index is 1230. The summed E-state index contributed by atoms with van der Waals surface area (Å²) < 4.78 is 0. The van der Waals surface area contributed by atoms with Crippen molar-refractivity contribution in [3.63, 3.8) is 0 Å². The van der Waals surface area contributed by atoms with Crippen LogP contribution in [-0.4, -0.2) is 29.1 Å². The highest BCUT2D eigenvalue weighted by atomic mass is 16.3. The number of allylic oxidation sites excluding steroid dienone is 4. The predicted molar refractivity (Wildman–Crippen MR) is 125 cm³/mol. The van der Waals surface area contributed by atoms with E-state index in [9.17, 15) is 24.8 Å². The number of amides is 1. The van der Waals surface area contributed by atoms with Crippen molar-refractivity contribution < 1.29 is 19.5 Å². The number of carbonyl (C=O) groups is 3. The molecule has 6 nitrogen and oxygen atoms in total. The van der Waals surface area contributed by atoms with Gasteiger partial charge in [0.2, 0.25) is 0 Å². The molecule has 1 aliphatic carbocycles. The zero-order valence-corrected chi connectivity index (χ0v) is 18.9. The molecule has 168 valence electrons. The number of nitriles is 1. The first-order chi connectivity index (χ1) is 15.8. The van der Waals surface area contributed by atoms with Gasteiger partial charge in [-0.2, -0.15) is 5.26 Å². The van der Waals surface area contributed by atoms with E-state index in [0.717, 1.165) is 5.56 Å². The Labute approximate surface area is 193 Å². The molecule has 1 amide bonds. The van der Waals surface area contributed by atoms with Gasteiger partial charge in [-0.3, -0.25) is 14.4 Å². The van der Waals surface area contributed by atoms with Crippen LogP contribution in [0.5, 0.6) is 5.75 Å². The summed E-state index contributed by atoms with van der Waals surface area (Å²) in [4.78, 5) is 38.3. The summed E-state index contributed by atoms with van der Waals surface area (Å²) in [5.41, 5.74) is 3.22. The fraction of sp³-hybridized carbons (Fsp3) is 0.259. The highest BCUT2D eigenvalue weighted by molar-refractivity contribution is 6.25. The number of rotatable bonds is 7. The lowest BCUT2D eigenvalue weighted by Gasteiger charge is -2.26. The largest absolute Gasteiger partial charge is 0.507 e. The monoisotopic (exact) mass is 442 g/mol. The van der Waals surface area contributed by atoms with Crippen molar-refractivity contribution in [2.75, 3.05) is 6.54 Å². The summed E-state index contributed by atoms with van der Waals surface area (Å²) in [5, 5.41) is 22.0. The Balaban J connectivity index is 1.84. The Morgan fingerprint density at radius 3 is 2.39 bits per heavy atom. The zero-order chi connectivity index (χ0) is 24.1. The van der Waals surface area contributed by atoms with Gasteiger partial charge < -0.3 is 10.4 Å². The second-order valence-corrected chi connectivity index (χ2v) is 8.15. The van der Waals surface area contributed by atoms with Crippen molar-refractivity contribution in [2.45, 2.75) is 39.5 Å². The predicted octanol–water partition coefficient (Wildman–Crippen LogP) is 4.36. The van der Waals surface area contributed by atoms with Crippen molar-refractivity contribution in [2.24, 2.45) is 0 Å². The standard InChI is InChI=1S/C27H26N2O4/c1-16-17(2)26(32)24(18(3)25(16)31)21(20-9-6-8-19(14-20)15-28)11-7-13-29-27(33)22-10-4-5-12-23(22)30/h4-6,8-10,12,14,21,30H,7,11,13H2,1-3H3,(H,29,33). The van der Waals surface area contributed by atoms with Gasteiger partial charge in [0.05, 0.1) is 17.2 Å². The van der Waals surface area contributed by atoms with Crippen LogP contribution in [0.4, 0.5) is 0 Å². The lowest BCUT2D eigenvalue weighted by molar-refractivity contribution is -0.116. The first-order valence-corrected chi connectivity index (χ1v) is 10.8. The molecule has 0 heterocycles. The number of phenolic OH excluding ortho intramolecular Hbond substituents is 1. The molecule has 0 saturated carbocycles. The lowest BCUT2D eigenvalue weighted by Crippen LogP contribution is -2.27. The summed E-state index contributed by atoms with van der Waals surface area (Å²) in [6, 6.07) is 15.5. The van der Waals surface area contributed by atoms with E-state index in [0.29, 0.717) is 47.2 Å². The molecule has 0 spiro atoms. The summed E-state index contributed by atoms with van der Waals surface area (Å²) in [6.07, 6.45) is 1.02. The molecule has 1 unspecified atom stereocenters. The van der Waals surface area contributed by atoms with E-state index >= 15 is 0 Å². The molecular formula is C27H26N2O4. The van der Waals surface area contributed by atoms with Gasteiger partial charge in [0.1, 0.15) is 5.75 Å². The average molecular weight is 443 g/mol. The third-order valence-electron chi connectivity index (χ3n) is 6.10. The third kappa shape index (κ3) is 4.93. The number of ketones is 2. The Morgan fingerprint density at radius 1 is 1.00 bits per heavy atom. The Hall–Kier alpha value is -3.98. The first kappa shape index (κ1) is 23.7. The number of nitrogens with zero attached hydrogens (tertiary/aromatic N) is 1. The summed E-state index contributed by atoms with van der Waals surface area (Å²) in [7, 11) is 0. The van der Waals surface area contributed by atoms with E-state index in [1.54, 1.807) is 57.2 Å². The minimum Gasteiger partial charge on any atom is -0.507 e. The average Bonchev–Trinajstić information content (AvgIpc) is 2.83. The number of hydrogen-bond donors (Lipinski definition) is 2. The van der Waals surface area contributed by atoms with Gasteiger partial charge in [0, 0.05) is 34.8 Å². The fourth-order valence-electron chi connectivity index (χ4n) is 4.11. The number of para-hydroxylation sites is 1. The number of benzene rings is 2. The normalized spacial score (nSPS) is 14.8. The van der Waals surface area contributed by atoms with Crippen molar-refractivity contribution in [1.29, 1.82) is 5.26 Å². The molecule has 0 radical (unpaired) electrons. The second-order valence-electron chi connectivity index (χ2n) is 8.15. The van der Waals surface area contributed by atoms with Crippen LogP contribution in [0.25, 0.3) is 0 Å². The molecule has 0 saturated heterocycles. The highest BCUT2D eigenvalue weighted by Gasteiger charge is 2.33. The van der Waals surface area contributed by atoms with E-state index in [1.165, 1.54) is 6.07 Å². The molecule has 0 aliphatic heterocycles. The number of Topliss-reactive ketones (excluding diaryl/α,β-unsaturated/α-hetero) is 2. The van der Waals surface area contributed by atoms with E-state index in [2.05, 4.69) is 11.4 Å². The molecule has 1 atom stereocenters. The summed E-state index contributed by atoms with van der Waals surface area (Å²) in [6.45, 7) is 5.32. The van der Waals surface area contributed by atoms with E-state index in [-0.39, 0.29) is 34.7 Å². The SMILES string of the molecule is CC1=C(C)C(=O)C(C(CCCNC(=O)c2ccccc2O)c2cccc(C#N)c2)=C(C)C1=O. The molecule has 1 aliphatic rings. The quantitative estimate of drug-likeness (QED) is 0.489. The van der Waals surface area contributed by atoms with Crippen molar-refractivity contribution in [3.05, 3.63) is 87.5 Å². The number of hydrogen-bond acceptors (Lipinski definition) is 5. The molecule has 0 aromatic heterocycles. The zero-order valence-electron chi connectivity index (χ0n) is 18.9. The summed E-state index contributed by atoms with van der Waals surface area (Å²) in [5.74, 6) is -1.16. The number of nitrogens with one attached hydrogen (secondary N) is 1. The minimum absolute atomic E-state index is 0.0917. The molecule has 33 heavy (non-hydrogen) atoms. The maximum absolute atomic E-state index is 13.2. The molecule has 2 aromatic rings. The van der Waals surface area contributed by atoms with Crippen molar-refractivity contribution >= 4 is 17.5 Å². The Morgan fingerprint density at radius 2 is 1.70 bits per heavy atom. The molecule has 3 rings (SSSR count). The van der Waals surface area contributed by atoms with Crippen molar-refractivity contribution in [3.8, 4) is 11.8 Å². The van der Waals surface area contributed by atoms with Gasteiger partial charge in [-0.25, -0.2) is 0 Å². The van der Waals surface area contributed by atoms with Crippen LogP contribution in [0, 0.1) is 11.3 Å². The molecule has 2 N–H and O–H groups in total. The minimum atomic E-state index is -0.389. The molecule has 6 heteroatoms. The highest BCUT2D eigenvalue weighted by Crippen LogP contribution is 2.37. The van der Waals surface area contributed by atoms with Gasteiger partial charge in [-0.05, 0) is 63.4 Å². The molecular weight excluding hydrogens is 416 g/mol. The van der Waals surface area contributed by atoms with Crippen LogP contribution in [0.2, 0.25) is 0 Å². The smallest absolute Gasteiger partial charge is 0.255 e. The molecule has 0 fully saturated rings. The van der Waals surface area contributed by atoms with E-state index < -0.39 is 0 Å². The van der Waals surface area contributed by atoms with Crippen LogP contribution < -0.4 is 5.32 Å². The first-order valence-electron chi connectivity index (χ1n) is 10.8. The van der Waals surface area contributed by atoms with Crippen LogP contribution in [0.3, 0.4) is 0 Å². The van der Waals surface area contributed by atoms with Crippen LogP contribution in [-0.2, 0) is 9.59 Å². The van der Waals surface area contributed by atoms with Gasteiger partial charge in [0.15, 0.2) is 11.6 Å².